The zero-order chi connectivity index (χ0) is 10.3. The summed E-state index contributed by atoms with van der Waals surface area (Å²) in [5, 5.41) is 0. The van der Waals surface area contributed by atoms with Gasteiger partial charge < -0.3 is 10.6 Å². The Morgan fingerprint density at radius 1 is 1.64 bits per heavy atom. The molecular weight excluding hydrogens is 180 g/mol. The van der Waals surface area contributed by atoms with Gasteiger partial charge in [0.1, 0.15) is 12.1 Å². The van der Waals surface area contributed by atoms with Crippen LogP contribution in [0.1, 0.15) is 31.1 Å². The fraction of sp³-hybridized carbons (Fsp3) is 0.444. The normalized spacial score (nSPS) is 19.6. The van der Waals surface area contributed by atoms with E-state index in [0.29, 0.717) is 12.4 Å². The first-order valence-electron chi connectivity index (χ1n) is 4.47. The number of nitrogen functional groups attached to an aromatic ring is 1. The van der Waals surface area contributed by atoms with E-state index in [4.69, 9.17) is 5.73 Å². The number of carbonyl (C=O) groups excluding carboxylic acids is 1. The van der Waals surface area contributed by atoms with Gasteiger partial charge in [-0.3, -0.25) is 4.79 Å². The second-order valence-corrected chi connectivity index (χ2v) is 3.45. The number of aromatic nitrogens is 2. The van der Waals surface area contributed by atoms with Crippen molar-refractivity contribution in [3.8, 4) is 0 Å². The summed E-state index contributed by atoms with van der Waals surface area (Å²) in [4.78, 5) is 21.1. The van der Waals surface area contributed by atoms with Crippen LogP contribution in [0, 0.1) is 0 Å². The molecule has 1 aliphatic rings. The third kappa shape index (κ3) is 1.13. The van der Waals surface area contributed by atoms with E-state index in [9.17, 15) is 4.79 Å². The number of rotatable bonds is 0. The predicted molar refractivity (Wildman–Crippen MR) is 51.1 cm³/mol. The van der Waals surface area contributed by atoms with Gasteiger partial charge in [0.2, 0.25) is 5.91 Å². The maximum atomic E-state index is 11.3. The first-order valence-corrected chi connectivity index (χ1v) is 4.47. The van der Waals surface area contributed by atoms with Crippen LogP contribution in [-0.2, 0) is 11.3 Å². The van der Waals surface area contributed by atoms with E-state index in [-0.39, 0.29) is 11.9 Å². The molecule has 1 aliphatic heterocycles. The zero-order valence-electron chi connectivity index (χ0n) is 8.19. The van der Waals surface area contributed by atoms with E-state index in [2.05, 4.69) is 9.97 Å². The van der Waals surface area contributed by atoms with Crippen molar-refractivity contribution in [2.24, 2.45) is 0 Å². The summed E-state index contributed by atoms with van der Waals surface area (Å²) in [5.74, 6) is 0.514. The SMILES string of the molecule is CC(=O)N1Cc2c(N)ncnc2C1C. The fourth-order valence-corrected chi connectivity index (χ4v) is 1.80. The molecule has 5 nitrogen and oxygen atoms in total. The molecule has 0 aromatic carbocycles. The van der Waals surface area contributed by atoms with Crippen molar-refractivity contribution in [3.63, 3.8) is 0 Å². The molecule has 2 N–H and O–H groups in total. The summed E-state index contributed by atoms with van der Waals surface area (Å²) in [6, 6.07) is 0.00722. The minimum absolute atomic E-state index is 0.00722. The standard InChI is InChI=1S/C9H12N4O/c1-5-8-7(3-13(5)6(2)14)9(10)12-4-11-8/h4-5H,3H2,1-2H3,(H2,10,11,12). The summed E-state index contributed by atoms with van der Waals surface area (Å²) in [7, 11) is 0. The van der Waals surface area contributed by atoms with E-state index in [1.54, 1.807) is 11.8 Å². The molecule has 2 rings (SSSR count). The lowest BCUT2D eigenvalue weighted by Crippen LogP contribution is -2.25. The van der Waals surface area contributed by atoms with Gasteiger partial charge in [0, 0.05) is 12.5 Å². The molecule has 0 aliphatic carbocycles. The number of fused-ring (bicyclic) bond motifs is 1. The van der Waals surface area contributed by atoms with Crippen LogP contribution in [0.3, 0.4) is 0 Å². The van der Waals surface area contributed by atoms with Crippen LogP contribution in [0.5, 0.6) is 0 Å². The zero-order valence-corrected chi connectivity index (χ0v) is 8.19. The lowest BCUT2D eigenvalue weighted by Gasteiger charge is -2.18. The molecule has 0 spiro atoms. The Hall–Kier alpha value is -1.65. The smallest absolute Gasteiger partial charge is 0.220 e. The maximum absolute atomic E-state index is 11.3. The Morgan fingerprint density at radius 3 is 2.93 bits per heavy atom. The summed E-state index contributed by atoms with van der Waals surface area (Å²) in [6.45, 7) is 4.02. The summed E-state index contributed by atoms with van der Waals surface area (Å²) >= 11 is 0. The van der Waals surface area contributed by atoms with Crippen molar-refractivity contribution in [2.75, 3.05) is 5.73 Å². The topological polar surface area (TPSA) is 72.1 Å². The van der Waals surface area contributed by atoms with Crippen molar-refractivity contribution in [1.29, 1.82) is 0 Å². The van der Waals surface area contributed by atoms with Gasteiger partial charge in [-0.05, 0) is 6.92 Å². The van der Waals surface area contributed by atoms with Crippen LogP contribution in [0.4, 0.5) is 5.82 Å². The average molecular weight is 192 g/mol. The van der Waals surface area contributed by atoms with Gasteiger partial charge in [0.05, 0.1) is 18.3 Å². The highest BCUT2D eigenvalue weighted by Gasteiger charge is 2.31. The van der Waals surface area contributed by atoms with Gasteiger partial charge >= 0.3 is 0 Å². The van der Waals surface area contributed by atoms with E-state index >= 15 is 0 Å². The number of amides is 1. The number of nitrogens with zero attached hydrogens (tertiary/aromatic N) is 3. The molecule has 0 saturated carbocycles. The van der Waals surface area contributed by atoms with Gasteiger partial charge in [-0.1, -0.05) is 0 Å². The molecule has 1 unspecified atom stereocenters. The summed E-state index contributed by atoms with van der Waals surface area (Å²) in [6.07, 6.45) is 1.44. The number of carbonyl (C=O) groups is 1. The largest absolute Gasteiger partial charge is 0.383 e. The molecule has 1 amide bonds. The number of nitrogens with two attached hydrogens (primary N) is 1. The quantitative estimate of drug-likeness (QED) is 0.649. The minimum atomic E-state index is 0.00722. The molecule has 0 bridgehead atoms. The molecule has 1 aromatic heterocycles. The van der Waals surface area contributed by atoms with Crippen LogP contribution < -0.4 is 5.73 Å². The van der Waals surface area contributed by atoms with E-state index in [1.165, 1.54) is 6.33 Å². The third-order valence-electron chi connectivity index (χ3n) is 2.61. The molecule has 14 heavy (non-hydrogen) atoms. The molecule has 2 heterocycles. The summed E-state index contributed by atoms with van der Waals surface area (Å²) in [5.41, 5.74) is 7.46. The first kappa shape index (κ1) is 8.93. The van der Waals surface area contributed by atoms with Crippen LogP contribution in [0.2, 0.25) is 0 Å². The molecule has 0 saturated heterocycles. The van der Waals surface area contributed by atoms with Crippen molar-refractivity contribution in [2.45, 2.75) is 26.4 Å². The van der Waals surface area contributed by atoms with Gasteiger partial charge in [-0.2, -0.15) is 0 Å². The third-order valence-corrected chi connectivity index (χ3v) is 2.61. The van der Waals surface area contributed by atoms with Crippen LogP contribution in [0.25, 0.3) is 0 Å². The van der Waals surface area contributed by atoms with Crippen molar-refractivity contribution >= 4 is 11.7 Å². The van der Waals surface area contributed by atoms with Crippen molar-refractivity contribution in [3.05, 3.63) is 17.6 Å². The highest BCUT2D eigenvalue weighted by molar-refractivity contribution is 5.75. The van der Waals surface area contributed by atoms with Crippen LogP contribution >= 0.6 is 0 Å². The monoisotopic (exact) mass is 192 g/mol. The van der Waals surface area contributed by atoms with Crippen LogP contribution in [0.15, 0.2) is 6.33 Å². The lowest BCUT2D eigenvalue weighted by atomic mass is 10.2. The Balaban J connectivity index is 2.45. The van der Waals surface area contributed by atoms with Crippen LogP contribution in [-0.4, -0.2) is 20.8 Å². The molecule has 1 aromatic rings. The summed E-state index contributed by atoms with van der Waals surface area (Å²) < 4.78 is 0. The van der Waals surface area contributed by atoms with Gasteiger partial charge in [-0.25, -0.2) is 9.97 Å². The molecular formula is C9H12N4O. The predicted octanol–water partition coefficient (Wildman–Crippen LogP) is 0.482. The Morgan fingerprint density at radius 2 is 2.36 bits per heavy atom. The van der Waals surface area contributed by atoms with Gasteiger partial charge in [-0.15, -0.1) is 0 Å². The van der Waals surface area contributed by atoms with Crippen molar-refractivity contribution in [1.82, 2.24) is 14.9 Å². The molecule has 1 atom stereocenters. The Kier molecular flexibility index (Phi) is 1.87. The highest BCUT2D eigenvalue weighted by atomic mass is 16.2. The number of anilines is 1. The van der Waals surface area contributed by atoms with Gasteiger partial charge in [0.25, 0.3) is 0 Å². The number of hydrogen-bond donors (Lipinski definition) is 1. The van der Waals surface area contributed by atoms with Gasteiger partial charge in [0.15, 0.2) is 0 Å². The average Bonchev–Trinajstić information content (AvgIpc) is 2.46. The fourth-order valence-electron chi connectivity index (χ4n) is 1.80. The maximum Gasteiger partial charge on any atom is 0.220 e. The Bertz CT molecular complexity index is 390. The molecule has 74 valence electrons. The second kappa shape index (κ2) is 2.94. The highest BCUT2D eigenvalue weighted by Crippen LogP contribution is 2.33. The minimum Gasteiger partial charge on any atom is -0.383 e. The van der Waals surface area contributed by atoms with E-state index in [1.807, 2.05) is 6.92 Å². The molecule has 0 radical (unpaired) electrons. The first-order chi connectivity index (χ1) is 6.61. The van der Waals surface area contributed by atoms with E-state index in [0.717, 1.165) is 11.3 Å². The molecule has 0 fully saturated rings. The van der Waals surface area contributed by atoms with E-state index < -0.39 is 0 Å². The second-order valence-electron chi connectivity index (χ2n) is 3.45. The van der Waals surface area contributed by atoms with Crippen molar-refractivity contribution < 1.29 is 4.79 Å². The molecule has 5 heteroatoms. The Labute approximate surface area is 82.0 Å². The number of hydrogen-bond acceptors (Lipinski definition) is 4. The lowest BCUT2D eigenvalue weighted by molar-refractivity contribution is -0.130.